The van der Waals surface area contributed by atoms with Gasteiger partial charge in [-0.2, -0.15) is 0 Å². The summed E-state index contributed by atoms with van der Waals surface area (Å²) in [5, 5.41) is 0. The largest absolute Gasteiger partial charge is 0.360 e. The summed E-state index contributed by atoms with van der Waals surface area (Å²) in [6.45, 7) is 5.44. The Kier molecular flexibility index (Phi) is 3.55. The average molecular weight is 209 g/mol. The highest BCUT2D eigenvalue weighted by atomic mass is 16.5. The second kappa shape index (κ2) is 4.68. The van der Waals surface area contributed by atoms with Gasteiger partial charge in [0.2, 0.25) is 11.9 Å². The number of Topliss-reactive ketones (excluding diaryl/α,β-unsaturated/α-hetero) is 1. The van der Waals surface area contributed by atoms with Crippen LogP contribution in [0.2, 0.25) is 0 Å². The maximum absolute atomic E-state index is 11.6. The van der Waals surface area contributed by atoms with E-state index in [-0.39, 0.29) is 18.8 Å². The molecular formula is C10H11NO4. The summed E-state index contributed by atoms with van der Waals surface area (Å²) >= 11 is 0. The molecule has 1 aliphatic rings. The highest BCUT2D eigenvalue weighted by Crippen LogP contribution is 2.19. The Morgan fingerprint density at radius 1 is 1.60 bits per heavy atom. The number of nitrogens with zero attached hydrogens (tertiary/aromatic N) is 1. The van der Waals surface area contributed by atoms with Crippen LogP contribution >= 0.6 is 0 Å². The van der Waals surface area contributed by atoms with Gasteiger partial charge in [0, 0.05) is 13.2 Å². The SMILES string of the molecule is C=CCN1C(=O)C(OCC)C(=O)C1=C=O. The lowest BCUT2D eigenvalue weighted by Crippen LogP contribution is -2.31. The van der Waals surface area contributed by atoms with Crippen LogP contribution in [0.5, 0.6) is 0 Å². The van der Waals surface area contributed by atoms with Crippen LogP contribution < -0.4 is 0 Å². The molecular weight excluding hydrogens is 198 g/mol. The predicted octanol–water partition coefficient (Wildman–Crippen LogP) is -0.296. The summed E-state index contributed by atoms with van der Waals surface area (Å²) in [5.74, 6) is 0.308. The van der Waals surface area contributed by atoms with Crippen LogP contribution in [0.25, 0.3) is 0 Å². The van der Waals surface area contributed by atoms with Crippen LogP contribution in [0.15, 0.2) is 18.4 Å². The fraction of sp³-hybridized carbons (Fsp3) is 0.400. The number of rotatable bonds is 4. The van der Waals surface area contributed by atoms with Gasteiger partial charge in [-0.15, -0.1) is 6.58 Å². The lowest BCUT2D eigenvalue weighted by Gasteiger charge is -2.11. The molecule has 1 fully saturated rings. The zero-order valence-electron chi connectivity index (χ0n) is 8.36. The van der Waals surface area contributed by atoms with E-state index in [4.69, 9.17) is 4.74 Å². The number of ketones is 1. The Bertz CT molecular complexity index is 354. The molecule has 0 saturated carbocycles. The molecule has 15 heavy (non-hydrogen) atoms. The fourth-order valence-corrected chi connectivity index (χ4v) is 1.35. The number of carbonyl (C=O) groups excluding carboxylic acids is 3. The van der Waals surface area contributed by atoms with Crippen LogP contribution in [-0.2, 0) is 19.1 Å². The van der Waals surface area contributed by atoms with Gasteiger partial charge >= 0.3 is 0 Å². The minimum atomic E-state index is -1.19. The van der Waals surface area contributed by atoms with Crippen LogP contribution in [0.1, 0.15) is 6.92 Å². The van der Waals surface area contributed by atoms with Gasteiger partial charge < -0.3 is 4.74 Å². The molecule has 1 rings (SSSR count). The van der Waals surface area contributed by atoms with E-state index in [9.17, 15) is 14.4 Å². The molecule has 0 aliphatic carbocycles. The maximum Gasteiger partial charge on any atom is 0.265 e. The maximum atomic E-state index is 11.6. The van der Waals surface area contributed by atoms with Gasteiger partial charge in [-0.1, -0.05) is 6.08 Å². The van der Waals surface area contributed by atoms with E-state index in [1.54, 1.807) is 6.92 Å². The van der Waals surface area contributed by atoms with E-state index in [1.807, 2.05) is 0 Å². The molecule has 1 aliphatic heterocycles. The molecule has 0 aromatic heterocycles. The first-order chi connectivity index (χ1) is 7.17. The number of ether oxygens (including phenoxy) is 1. The molecule has 1 saturated heterocycles. The van der Waals surface area contributed by atoms with E-state index >= 15 is 0 Å². The molecule has 1 atom stereocenters. The van der Waals surface area contributed by atoms with Gasteiger partial charge in [0.25, 0.3) is 5.91 Å². The van der Waals surface area contributed by atoms with Crippen molar-refractivity contribution in [1.82, 2.24) is 4.90 Å². The van der Waals surface area contributed by atoms with Gasteiger partial charge in [0.05, 0.1) is 0 Å². The molecule has 1 heterocycles. The summed E-state index contributed by atoms with van der Waals surface area (Å²) in [6.07, 6.45) is 0.239. The molecule has 80 valence electrons. The van der Waals surface area contributed by atoms with Crippen molar-refractivity contribution in [3.05, 3.63) is 18.4 Å². The molecule has 0 aromatic carbocycles. The first-order valence-corrected chi connectivity index (χ1v) is 4.50. The van der Waals surface area contributed by atoms with Crippen molar-refractivity contribution < 1.29 is 19.1 Å². The normalized spacial score (nSPS) is 20.7. The van der Waals surface area contributed by atoms with Gasteiger partial charge in [-0.3, -0.25) is 14.5 Å². The number of likely N-dealkylation sites (tertiary alicyclic amines) is 1. The van der Waals surface area contributed by atoms with Crippen LogP contribution in [0, 0.1) is 0 Å². The minimum absolute atomic E-state index is 0.110. The van der Waals surface area contributed by atoms with Crippen molar-refractivity contribution in [2.75, 3.05) is 13.2 Å². The number of carbonyl (C=O) groups is 2. The monoisotopic (exact) mass is 209 g/mol. The van der Waals surface area contributed by atoms with E-state index in [1.165, 1.54) is 12.0 Å². The van der Waals surface area contributed by atoms with Crippen molar-refractivity contribution in [3.8, 4) is 0 Å². The average Bonchev–Trinajstić information content (AvgIpc) is 2.44. The van der Waals surface area contributed by atoms with Crippen molar-refractivity contribution in [1.29, 1.82) is 0 Å². The Hall–Kier alpha value is -1.71. The van der Waals surface area contributed by atoms with Crippen LogP contribution in [0.3, 0.4) is 0 Å². The quantitative estimate of drug-likeness (QED) is 0.276. The van der Waals surface area contributed by atoms with E-state index in [2.05, 4.69) is 6.58 Å². The summed E-state index contributed by atoms with van der Waals surface area (Å²) in [5.41, 5.74) is -0.279. The van der Waals surface area contributed by atoms with Crippen LogP contribution in [-0.4, -0.2) is 41.8 Å². The van der Waals surface area contributed by atoms with Gasteiger partial charge in [-0.25, -0.2) is 4.79 Å². The third kappa shape index (κ3) is 1.88. The molecule has 1 amide bonds. The number of amides is 1. The molecule has 5 heteroatoms. The highest BCUT2D eigenvalue weighted by molar-refractivity contribution is 6.22. The van der Waals surface area contributed by atoms with Gasteiger partial charge in [0.1, 0.15) is 0 Å². The molecule has 5 nitrogen and oxygen atoms in total. The molecule has 0 spiro atoms. The van der Waals surface area contributed by atoms with Crippen molar-refractivity contribution in [2.24, 2.45) is 0 Å². The fourth-order valence-electron chi connectivity index (χ4n) is 1.35. The second-order valence-electron chi connectivity index (χ2n) is 2.89. The zero-order valence-corrected chi connectivity index (χ0v) is 8.36. The first-order valence-electron chi connectivity index (χ1n) is 4.50. The zero-order chi connectivity index (χ0) is 11.4. The lowest BCUT2D eigenvalue weighted by molar-refractivity contribution is -0.140. The Morgan fingerprint density at radius 2 is 2.27 bits per heavy atom. The highest BCUT2D eigenvalue weighted by Gasteiger charge is 2.44. The van der Waals surface area contributed by atoms with E-state index in [0.29, 0.717) is 0 Å². The summed E-state index contributed by atoms with van der Waals surface area (Å²) in [4.78, 5) is 34.7. The Morgan fingerprint density at radius 3 is 2.73 bits per heavy atom. The second-order valence-corrected chi connectivity index (χ2v) is 2.89. The van der Waals surface area contributed by atoms with Crippen LogP contribution in [0.4, 0.5) is 0 Å². The summed E-state index contributed by atoms with van der Waals surface area (Å²) in [7, 11) is 0. The number of hydrogen-bond donors (Lipinski definition) is 0. The van der Waals surface area contributed by atoms with Crippen molar-refractivity contribution >= 4 is 17.6 Å². The molecule has 0 radical (unpaired) electrons. The van der Waals surface area contributed by atoms with E-state index < -0.39 is 17.8 Å². The van der Waals surface area contributed by atoms with Crippen molar-refractivity contribution in [2.45, 2.75) is 13.0 Å². The Labute approximate surface area is 87.0 Å². The summed E-state index contributed by atoms with van der Waals surface area (Å²) < 4.78 is 4.96. The van der Waals surface area contributed by atoms with Gasteiger partial charge in [0.15, 0.2) is 11.6 Å². The lowest BCUT2D eigenvalue weighted by atomic mass is 10.2. The number of hydrogen-bond acceptors (Lipinski definition) is 4. The smallest absolute Gasteiger partial charge is 0.265 e. The molecule has 0 N–H and O–H groups in total. The van der Waals surface area contributed by atoms with Crippen molar-refractivity contribution in [3.63, 3.8) is 0 Å². The molecule has 0 aromatic rings. The third-order valence-electron chi connectivity index (χ3n) is 1.97. The minimum Gasteiger partial charge on any atom is -0.360 e. The topological polar surface area (TPSA) is 63.7 Å². The standard InChI is InChI=1S/C10H11NO4/c1-3-5-11-7(6-12)8(13)9(10(11)14)15-4-2/h3,9H,1,4-5H2,2H3. The molecule has 0 bridgehead atoms. The Balaban J connectivity index is 3.01. The molecule has 1 unspecified atom stereocenters. The summed E-state index contributed by atoms with van der Waals surface area (Å²) in [6, 6.07) is 0. The van der Waals surface area contributed by atoms with Gasteiger partial charge in [-0.05, 0) is 6.92 Å². The van der Waals surface area contributed by atoms with E-state index in [0.717, 1.165) is 4.90 Å². The third-order valence-corrected chi connectivity index (χ3v) is 1.97. The first kappa shape index (κ1) is 11.4. The predicted molar refractivity (Wildman–Crippen MR) is 51.5 cm³/mol.